The predicted molar refractivity (Wildman–Crippen MR) is 63.3 cm³/mol. The lowest BCUT2D eigenvalue weighted by Crippen LogP contribution is -1.99. The first kappa shape index (κ1) is 11.4. The van der Waals surface area contributed by atoms with Crippen molar-refractivity contribution in [3.05, 3.63) is 47.1 Å². The molecule has 2 rings (SSSR count). The lowest BCUT2D eigenvalue weighted by atomic mass is 10.1. The van der Waals surface area contributed by atoms with E-state index >= 15 is 0 Å². The number of aromatic carboxylic acids is 1. The summed E-state index contributed by atoms with van der Waals surface area (Å²) in [6, 6.07) is 9.42. The van der Waals surface area contributed by atoms with Crippen LogP contribution < -0.4 is 0 Å². The lowest BCUT2D eigenvalue weighted by Gasteiger charge is -2.04. The van der Waals surface area contributed by atoms with Crippen molar-refractivity contribution in [3.8, 4) is 17.0 Å². The Kier molecular flexibility index (Phi) is 2.97. The van der Waals surface area contributed by atoms with Gasteiger partial charge in [-0.15, -0.1) is 0 Å². The molecular formula is C12H8ClNO3. The molecule has 1 aromatic carbocycles. The summed E-state index contributed by atoms with van der Waals surface area (Å²) in [5, 5.41) is 18.1. The molecule has 0 aliphatic heterocycles. The average Bonchev–Trinajstić information content (AvgIpc) is 2.28. The fourth-order valence-corrected chi connectivity index (χ4v) is 1.65. The van der Waals surface area contributed by atoms with Gasteiger partial charge >= 0.3 is 5.97 Å². The minimum absolute atomic E-state index is 0.0458. The van der Waals surface area contributed by atoms with Gasteiger partial charge in [0.2, 0.25) is 0 Å². The minimum atomic E-state index is -1.12. The molecule has 17 heavy (non-hydrogen) atoms. The second-order valence-corrected chi connectivity index (χ2v) is 3.75. The van der Waals surface area contributed by atoms with Crippen LogP contribution in [0.25, 0.3) is 11.3 Å². The van der Waals surface area contributed by atoms with Gasteiger partial charge in [-0.05, 0) is 24.3 Å². The fraction of sp³-hybridized carbons (Fsp3) is 0. The highest BCUT2D eigenvalue weighted by molar-refractivity contribution is 6.32. The minimum Gasteiger partial charge on any atom is -0.508 e. The Balaban J connectivity index is 2.48. The van der Waals surface area contributed by atoms with Crippen LogP contribution in [-0.2, 0) is 0 Å². The highest BCUT2D eigenvalue weighted by Crippen LogP contribution is 2.24. The standard InChI is InChI=1S/C12H8ClNO3/c13-11-9(12(16)17)4-5-10(14-11)7-2-1-3-8(15)6-7/h1-6,15H,(H,16,17). The van der Waals surface area contributed by atoms with Gasteiger partial charge in [0.25, 0.3) is 0 Å². The van der Waals surface area contributed by atoms with Gasteiger partial charge in [-0.3, -0.25) is 0 Å². The topological polar surface area (TPSA) is 70.4 Å². The molecule has 0 bridgehead atoms. The first-order chi connectivity index (χ1) is 8.08. The number of rotatable bonds is 2. The number of halogens is 1. The van der Waals surface area contributed by atoms with Crippen LogP contribution in [0.3, 0.4) is 0 Å². The largest absolute Gasteiger partial charge is 0.508 e. The zero-order valence-corrected chi connectivity index (χ0v) is 9.35. The summed E-state index contributed by atoms with van der Waals surface area (Å²) >= 11 is 5.76. The number of carboxylic acid groups (broad SMARTS) is 1. The molecule has 1 heterocycles. The smallest absolute Gasteiger partial charge is 0.338 e. The first-order valence-corrected chi connectivity index (χ1v) is 5.15. The van der Waals surface area contributed by atoms with E-state index in [-0.39, 0.29) is 16.5 Å². The summed E-state index contributed by atoms with van der Waals surface area (Å²) in [5.41, 5.74) is 1.13. The van der Waals surface area contributed by atoms with Crippen LogP contribution >= 0.6 is 11.6 Å². The monoisotopic (exact) mass is 249 g/mol. The summed E-state index contributed by atoms with van der Waals surface area (Å²) in [6.45, 7) is 0. The molecule has 4 nitrogen and oxygen atoms in total. The number of benzene rings is 1. The Morgan fingerprint density at radius 2 is 2.00 bits per heavy atom. The molecule has 0 radical (unpaired) electrons. The highest BCUT2D eigenvalue weighted by Gasteiger charge is 2.11. The fourth-order valence-electron chi connectivity index (χ4n) is 1.42. The van der Waals surface area contributed by atoms with Gasteiger partial charge in [0.05, 0.1) is 11.3 Å². The van der Waals surface area contributed by atoms with E-state index in [0.717, 1.165) is 0 Å². The van der Waals surface area contributed by atoms with Crippen molar-refractivity contribution < 1.29 is 15.0 Å². The summed E-state index contributed by atoms with van der Waals surface area (Å²) in [6.07, 6.45) is 0. The molecule has 1 aromatic heterocycles. The molecule has 0 unspecified atom stereocenters. The average molecular weight is 250 g/mol. The summed E-state index contributed by atoms with van der Waals surface area (Å²) in [5.74, 6) is -1.01. The number of carboxylic acids is 1. The van der Waals surface area contributed by atoms with Crippen molar-refractivity contribution in [1.82, 2.24) is 4.98 Å². The normalized spacial score (nSPS) is 10.2. The summed E-state index contributed by atoms with van der Waals surface area (Å²) in [4.78, 5) is 14.7. The van der Waals surface area contributed by atoms with Crippen LogP contribution in [0.2, 0.25) is 5.15 Å². The number of carbonyl (C=O) groups is 1. The molecule has 0 aliphatic carbocycles. The number of aromatic hydroxyl groups is 1. The van der Waals surface area contributed by atoms with E-state index in [9.17, 15) is 9.90 Å². The Morgan fingerprint density at radius 1 is 1.24 bits per heavy atom. The molecule has 86 valence electrons. The van der Waals surface area contributed by atoms with Crippen molar-refractivity contribution in [2.24, 2.45) is 0 Å². The number of pyridine rings is 1. The molecule has 5 heteroatoms. The molecule has 0 fully saturated rings. The van der Waals surface area contributed by atoms with Crippen LogP contribution in [0.1, 0.15) is 10.4 Å². The van der Waals surface area contributed by atoms with E-state index in [1.165, 1.54) is 18.2 Å². The first-order valence-electron chi connectivity index (χ1n) is 4.77. The number of phenolic OH excluding ortho intramolecular Hbond substituents is 1. The van der Waals surface area contributed by atoms with Crippen LogP contribution in [0.4, 0.5) is 0 Å². The second-order valence-electron chi connectivity index (χ2n) is 3.39. The summed E-state index contributed by atoms with van der Waals surface area (Å²) < 4.78 is 0. The molecule has 0 aliphatic rings. The number of nitrogens with zero attached hydrogens (tertiary/aromatic N) is 1. The quantitative estimate of drug-likeness (QED) is 0.803. The van der Waals surface area contributed by atoms with Crippen LogP contribution in [0.5, 0.6) is 5.75 Å². The molecule has 0 saturated carbocycles. The number of hydrogen-bond acceptors (Lipinski definition) is 3. The van der Waals surface area contributed by atoms with Gasteiger partial charge in [0.15, 0.2) is 0 Å². The number of phenols is 1. The van der Waals surface area contributed by atoms with E-state index in [1.807, 2.05) is 0 Å². The van der Waals surface area contributed by atoms with Gasteiger partial charge in [0, 0.05) is 5.56 Å². The molecule has 0 amide bonds. The summed E-state index contributed by atoms with van der Waals surface area (Å²) in [7, 11) is 0. The SMILES string of the molecule is O=C(O)c1ccc(-c2cccc(O)c2)nc1Cl. The lowest BCUT2D eigenvalue weighted by molar-refractivity contribution is 0.0696. The van der Waals surface area contributed by atoms with Crippen molar-refractivity contribution in [2.75, 3.05) is 0 Å². The zero-order valence-electron chi connectivity index (χ0n) is 8.59. The maximum Gasteiger partial charge on any atom is 0.338 e. The van der Waals surface area contributed by atoms with Gasteiger partial charge in [-0.2, -0.15) is 0 Å². The van der Waals surface area contributed by atoms with E-state index in [0.29, 0.717) is 11.3 Å². The van der Waals surface area contributed by atoms with E-state index in [4.69, 9.17) is 16.7 Å². The molecular weight excluding hydrogens is 242 g/mol. The Bertz CT molecular complexity index is 584. The van der Waals surface area contributed by atoms with Gasteiger partial charge < -0.3 is 10.2 Å². The molecule has 0 spiro atoms. The van der Waals surface area contributed by atoms with Crippen molar-refractivity contribution in [1.29, 1.82) is 0 Å². The van der Waals surface area contributed by atoms with Crippen molar-refractivity contribution in [3.63, 3.8) is 0 Å². The maximum atomic E-state index is 10.8. The predicted octanol–water partition coefficient (Wildman–Crippen LogP) is 2.81. The van der Waals surface area contributed by atoms with E-state index < -0.39 is 5.97 Å². The van der Waals surface area contributed by atoms with Crippen LogP contribution in [0.15, 0.2) is 36.4 Å². The van der Waals surface area contributed by atoms with Gasteiger partial charge in [0.1, 0.15) is 10.9 Å². The van der Waals surface area contributed by atoms with E-state index in [1.54, 1.807) is 18.2 Å². The Labute approximate surface area is 102 Å². The third kappa shape index (κ3) is 2.37. The third-order valence-electron chi connectivity index (χ3n) is 2.22. The molecule has 2 aromatic rings. The Morgan fingerprint density at radius 3 is 2.59 bits per heavy atom. The number of aromatic nitrogens is 1. The molecule has 0 atom stereocenters. The maximum absolute atomic E-state index is 10.8. The third-order valence-corrected chi connectivity index (χ3v) is 2.51. The van der Waals surface area contributed by atoms with Crippen molar-refractivity contribution in [2.45, 2.75) is 0 Å². The second kappa shape index (κ2) is 4.43. The molecule has 0 saturated heterocycles. The van der Waals surface area contributed by atoms with Crippen molar-refractivity contribution >= 4 is 17.6 Å². The Hall–Kier alpha value is -2.07. The van der Waals surface area contributed by atoms with Crippen LogP contribution in [-0.4, -0.2) is 21.2 Å². The zero-order chi connectivity index (χ0) is 12.4. The van der Waals surface area contributed by atoms with E-state index in [2.05, 4.69) is 4.98 Å². The van der Waals surface area contributed by atoms with Gasteiger partial charge in [-0.25, -0.2) is 9.78 Å². The highest BCUT2D eigenvalue weighted by atomic mass is 35.5. The van der Waals surface area contributed by atoms with Gasteiger partial charge in [-0.1, -0.05) is 23.7 Å². The number of hydrogen-bond donors (Lipinski definition) is 2. The molecule has 2 N–H and O–H groups in total. The van der Waals surface area contributed by atoms with Crippen LogP contribution in [0, 0.1) is 0 Å².